The number of unbranched alkanes of at least 4 members (excludes halogenated alkanes) is 11. The summed E-state index contributed by atoms with van der Waals surface area (Å²) < 4.78 is 0. The number of allylic oxidation sites excluding steroid dienone is 3. The second-order valence-corrected chi connectivity index (χ2v) is 5.60. The van der Waals surface area contributed by atoms with Gasteiger partial charge in [0.1, 0.15) is 0 Å². The van der Waals surface area contributed by atoms with Gasteiger partial charge in [-0.15, -0.1) is 0 Å². The molecule has 0 rings (SSSR count). The average molecular weight is 315 g/mol. The SMILES string of the molecule is CCCCCCCCCCCCCC=CC=CBr. The third-order valence-corrected chi connectivity index (χ3v) is 3.60. The van der Waals surface area contributed by atoms with E-state index in [0.29, 0.717) is 0 Å². The van der Waals surface area contributed by atoms with Gasteiger partial charge in [-0.25, -0.2) is 0 Å². The third-order valence-electron chi connectivity index (χ3n) is 3.29. The molecule has 0 aromatic rings. The molecular formula is C17H31Br. The van der Waals surface area contributed by atoms with Gasteiger partial charge in [0.2, 0.25) is 0 Å². The Hall–Kier alpha value is -0.0400. The fourth-order valence-corrected chi connectivity index (χ4v) is 2.32. The van der Waals surface area contributed by atoms with E-state index in [2.05, 4.69) is 35.0 Å². The zero-order chi connectivity index (χ0) is 13.3. The van der Waals surface area contributed by atoms with E-state index in [-0.39, 0.29) is 0 Å². The number of halogens is 1. The zero-order valence-corrected chi connectivity index (χ0v) is 13.8. The molecule has 0 amide bonds. The van der Waals surface area contributed by atoms with Crippen LogP contribution in [0.2, 0.25) is 0 Å². The van der Waals surface area contributed by atoms with E-state index in [1.165, 1.54) is 77.0 Å². The lowest BCUT2D eigenvalue weighted by atomic mass is 10.1. The Morgan fingerprint density at radius 1 is 0.667 bits per heavy atom. The summed E-state index contributed by atoms with van der Waals surface area (Å²) in [4.78, 5) is 1.89. The molecule has 106 valence electrons. The van der Waals surface area contributed by atoms with Crippen molar-refractivity contribution < 1.29 is 0 Å². The lowest BCUT2D eigenvalue weighted by Gasteiger charge is -2.01. The van der Waals surface area contributed by atoms with Gasteiger partial charge in [-0.2, -0.15) is 0 Å². The van der Waals surface area contributed by atoms with Crippen molar-refractivity contribution in [2.24, 2.45) is 0 Å². The Kier molecular flexibility index (Phi) is 16.9. The van der Waals surface area contributed by atoms with Crippen molar-refractivity contribution in [1.82, 2.24) is 0 Å². The molecule has 0 unspecified atom stereocenters. The molecule has 0 aromatic heterocycles. The summed E-state index contributed by atoms with van der Waals surface area (Å²) in [6.45, 7) is 2.28. The molecule has 0 bridgehead atoms. The molecule has 1 heteroatoms. The van der Waals surface area contributed by atoms with Crippen LogP contribution in [0, 0.1) is 0 Å². The number of hydrogen-bond acceptors (Lipinski definition) is 0. The van der Waals surface area contributed by atoms with Gasteiger partial charge < -0.3 is 0 Å². The molecule has 0 aliphatic rings. The van der Waals surface area contributed by atoms with Crippen LogP contribution in [0.5, 0.6) is 0 Å². The van der Waals surface area contributed by atoms with Crippen molar-refractivity contribution in [2.75, 3.05) is 0 Å². The Bertz CT molecular complexity index is 194. The maximum Gasteiger partial charge on any atom is -0.0189 e. The van der Waals surface area contributed by atoms with Crippen LogP contribution < -0.4 is 0 Å². The maximum atomic E-state index is 3.26. The number of rotatable bonds is 13. The molecule has 0 atom stereocenters. The zero-order valence-electron chi connectivity index (χ0n) is 12.2. The second-order valence-electron chi connectivity index (χ2n) is 5.07. The van der Waals surface area contributed by atoms with Crippen molar-refractivity contribution in [3.8, 4) is 0 Å². The van der Waals surface area contributed by atoms with Crippen LogP contribution in [0.25, 0.3) is 0 Å². The molecule has 0 spiro atoms. The van der Waals surface area contributed by atoms with Crippen molar-refractivity contribution in [2.45, 2.75) is 84.0 Å². The first-order valence-corrected chi connectivity index (χ1v) is 8.75. The molecule has 0 nitrogen and oxygen atoms in total. The molecule has 0 aromatic carbocycles. The molecule has 18 heavy (non-hydrogen) atoms. The van der Waals surface area contributed by atoms with Crippen LogP contribution in [-0.4, -0.2) is 0 Å². The van der Waals surface area contributed by atoms with Crippen LogP contribution in [0.1, 0.15) is 84.0 Å². The van der Waals surface area contributed by atoms with Crippen molar-refractivity contribution in [3.05, 3.63) is 23.2 Å². The Morgan fingerprint density at radius 2 is 1.17 bits per heavy atom. The van der Waals surface area contributed by atoms with Crippen LogP contribution in [0.3, 0.4) is 0 Å². The lowest BCUT2D eigenvalue weighted by molar-refractivity contribution is 0.550. The highest BCUT2D eigenvalue weighted by Crippen LogP contribution is 2.11. The van der Waals surface area contributed by atoms with Gasteiger partial charge in [-0.1, -0.05) is 105 Å². The minimum Gasteiger partial charge on any atom is -0.0845 e. The molecule has 0 saturated heterocycles. The van der Waals surface area contributed by atoms with Gasteiger partial charge in [-0.05, 0) is 17.8 Å². The van der Waals surface area contributed by atoms with Gasteiger partial charge in [-0.3, -0.25) is 0 Å². The van der Waals surface area contributed by atoms with E-state index in [4.69, 9.17) is 0 Å². The first-order chi connectivity index (χ1) is 8.91. The molecule has 0 aliphatic carbocycles. The van der Waals surface area contributed by atoms with Crippen molar-refractivity contribution in [3.63, 3.8) is 0 Å². The fourth-order valence-electron chi connectivity index (χ4n) is 2.14. The van der Waals surface area contributed by atoms with Crippen molar-refractivity contribution >= 4 is 15.9 Å². The average Bonchev–Trinajstić information content (AvgIpc) is 2.39. The summed E-state index contributed by atoms with van der Waals surface area (Å²) >= 11 is 3.26. The maximum absolute atomic E-state index is 3.26. The summed E-state index contributed by atoms with van der Waals surface area (Å²) in [5.41, 5.74) is 0. The molecule has 0 radical (unpaired) electrons. The van der Waals surface area contributed by atoms with Gasteiger partial charge in [0.05, 0.1) is 0 Å². The molecular weight excluding hydrogens is 284 g/mol. The summed E-state index contributed by atoms with van der Waals surface area (Å²) in [6, 6.07) is 0. The smallest absolute Gasteiger partial charge is 0.0189 e. The van der Waals surface area contributed by atoms with Gasteiger partial charge in [0, 0.05) is 0 Å². The van der Waals surface area contributed by atoms with Crippen LogP contribution >= 0.6 is 15.9 Å². The standard InChI is InChI=1S/C17H31Br/c1-2-3-4-5-6-7-8-9-10-11-12-13-14-15-16-17-18/h14-17H,2-13H2,1H3. The normalized spacial score (nSPS) is 11.9. The molecule has 0 heterocycles. The fraction of sp³-hybridized carbons (Fsp3) is 0.765. The van der Waals surface area contributed by atoms with Crippen LogP contribution in [-0.2, 0) is 0 Å². The highest BCUT2D eigenvalue weighted by atomic mass is 79.9. The highest BCUT2D eigenvalue weighted by molar-refractivity contribution is 9.11. The monoisotopic (exact) mass is 314 g/mol. The van der Waals surface area contributed by atoms with Gasteiger partial charge in [0.25, 0.3) is 0 Å². The summed E-state index contributed by atoms with van der Waals surface area (Å²) in [5.74, 6) is 0. The predicted octanol–water partition coefficient (Wildman–Crippen LogP) is 7.15. The van der Waals surface area contributed by atoms with Gasteiger partial charge >= 0.3 is 0 Å². The minimum atomic E-state index is 1.23. The highest BCUT2D eigenvalue weighted by Gasteiger charge is 1.92. The van der Waals surface area contributed by atoms with Crippen molar-refractivity contribution in [1.29, 1.82) is 0 Å². The van der Waals surface area contributed by atoms with E-state index in [1.54, 1.807) is 0 Å². The second kappa shape index (κ2) is 17.0. The van der Waals surface area contributed by atoms with Crippen LogP contribution in [0.4, 0.5) is 0 Å². The van der Waals surface area contributed by atoms with E-state index >= 15 is 0 Å². The largest absolute Gasteiger partial charge is 0.0845 e. The molecule has 0 N–H and O–H groups in total. The first kappa shape index (κ1) is 18.0. The van der Waals surface area contributed by atoms with Crippen LogP contribution in [0.15, 0.2) is 23.2 Å². The van der Waals surface area contributed by atoms with E-state index in [1.807, 2.05) is 11.1 Å². The Labute approximate surface area is 123 Å². The third kappa shape index (κ3) is 16.0. The Balaban J connectivity index is 2.98. The summed E-state index contributed by atoms with van der Waals surface area (Å²) in [5, 5.41) is 0. The predicted molar refractivity (Wildman–Crippen MR) is 88.3 cm³/mol. The minimum absolute atomic E-state index is 1.23. The molecule has 0 aliphatic heterocycles. The van der Waals surface area contributed by atoms with E-state index < -0.39 is 0 Å². The van der Waals surface area contributed by atoms with E-state index in [0.717, 1.165) is 0 Å². The molecule has 0 saturated carbocycles. The topological polar surface area (TPSA) is 0 Å². The quantitative estimate of drug-likeness (QED) is 0.250. The van der Waals surface area contributed by atoms with E-state index in [9.17, 15) is 0 Å². The summed E-state index contributed by atoms with van der Waals surface area (Å²) in [6.07, 6.45) is 23.3. The molecule has 0 fully saturated rings. The Morgan fingerprint density at radius 3 is 1.67 bits per heavy atom. The summed E-state index contributed by atoms with van der Waals surface area (Å²) in [7, 11) is 0. The number of hydrogen-bond donors (Lipinski definition) is 0. The van der Waals surface area contributed by atoms with Gasteiger partial charge in [0.15, 0.2) is 0 Å². The first-order valence-electron chi connectivity index (χ1n) is 7.83. The lowest BCUT2D eigenvalue weighted by Crippen LogP contribution is -1.81.